The molecule has 0 aliphatic rings. The van der Waals surface area contributed by atoms with E-state index in [2.05, 4.69) is 38.2 Å². The van der Waals surface area contributed by atoms with Crippen LogP contribution in [0, 0.1) is 0 Å². The monoisotopic (exact) mass is 684 g/mol. The van der Waals surface area contributed by atoms with Crippen LogP contribution < -0.4 is 0 Å². The van der Waals surface area contributed by atoms with E-state index in [1.807, 2.05) is 19.0 Å². The minimum absolute atomic E-state index is 0. The number of hydrogen-bond donors (Lipinski definition) is 0. The maximum absolute atomic E-state index is 12.4. The number of nitrogens with zero attached hydrogens (tertiary/aromatic N) is 1. The van der Waals surface area contributed by atoms with Crippen molar-refractivity contribution in [3.05, 3.63) is 24.3 Å². The molecule has 278 valence electrons. The van der Waals surface area contributed by atoms with Crippen LogP contribution in [0.2, 0.25) is 0 Å². The maximum atomic E-state index is 12.4. The summed E-state index contributed by atoms with van der Waals surface area (Å²) in [6, 6.07) is 0. The Kier molecular flexibility index (Phi) is 39.8. The summed E-state index contributed by atoms with van der Waals surface area (Å²) in [6.45, 7) is 5.23. The topological polar surface area (TPSA) is 55.8 Å². The number of halogens is 1. The van der Waals surface area contributed by atoms with E-state index in [9.17, 15) is 9.59 Å². The van der Waals surface area contributed by atoms with Crippen LogP contribution in [0.3, 0.4) is 0 Å². The van der Waals surface area contributed by atoms with Crippen LogP contribution in [0.15, 0.2) is 24.3 Å². The molecule has 0 bridgehead atoms. The molecule has 0 aromatic heterocycles. The van der Waals surface area contributed by atoms with Crippen LogP contribution in [0.5, 0.6) is 0 Å². The first-order valence-corrected chi connectivity index (χ1v) is 19.8. The summed E-state index contributed by atoms with van der Waals surface area (Å²) in [4.78, 5) is 26.7. The molecule has 0 amide bonds. The SMILES string of the molecule is CCCCCCCC/C=C\CCCCCCCC(=O)OCC(CN(C)C)OC(=O)CCCCCCC/C=C\CCCCCCCC.Cl. The zero-order valence-corrected chi connectivity index (χ0v) is 32.4. The Labute approximate surface area is 298 Å². The molecule has 0 rings (SSSR count). The van der Waals surface area contributed by atoms with Crippen molar-refractivity contribution in [3.63, 3.8) is 0 Å². The third kappa shape index (κ3) is 39.0. The lowest BCUT2D eigenvalue weighted by molar-refractivity contribution is -0.160. The van der Waals surface area contributed by atoms with E-state index in [0.29, 0.717) is 19.4 Å². The van der Waals surface area contributed by atoms with Crippen LogP contribution in [-0.2, 0) is 19.1 Å². The molecule has 0 N–H and O–H groups in total. The summed E-state index contributed by atoms with van der Waals surface area (Å²) in [6.07, 6.45) is 42.0. The molecule has 0 aliphatic carbocycles. The molecule has 0 aliphatic heterocycles. The van der Waals surface area contributed by atoms with Crippen LogP contribution in [0.1, 0.15) is 194 Å². The van der Waals surface area contributed by atoms with E-state index in [1.165, 1.54) is 128 Å². The van der Waals surface area contributed by atoms with E-state index in [1.54, 1.807) is 0 Å². The predicted molar refractivity (Wildman–Crippen MR) is 206 cm³/mol. The fourth-order valence-corrected chi connectivity index (χ4v) is 5.71. The minimum Gasteiger partial charge on any atom is -0.462 e. The zero-order chi connectivity index (χ0) is 33.8. The molecule has 5 nitrogen and oxygen atoms in total. The number of carbonyl (C=O) groups is 2. The van der Waals surface area contributed by atoms with Crippen LogP contribution in [0.25, 0.3) is 0 Å². The first-order chi connectivity index (χ1) is 22.5. The normalized spacial score (nSPS) is 12.2. The number of likely N-dealkylation sites (N-methyl/N-ethyl adjacent to an activating group) is 1. The Balaban J connectivity index is 0. The van der Waals surface area contributed by atoms with Crippen molar-refractivity contribution in [1.29, 1.82) is 0 Å². The average Bonchev–Trinajstić information content (AvgIpc) is 3.03. The molecule has 0 spiro atoms. The molecule has 0 aromatic rings. The standard InChI is InChI=1S/C41H77NO4.ClH/c1-5-7-9-11-13-15-17-19-21-23-25-27-29-31-33-35-40(43)45-38-39(37-42(3)4)46-41(44)36-34-32-30-28-26-24-22-20-18-16-14-12-10-8-6-2;/h19-22,39H,5-18,23-38H2,1-4H3;1H/b21-19-,22-20-;. The Hall–Kier alpha value is -1.33. The summed E-state index contributed by atoms with van der Waals surface area (Å²) in [5.74, 6) is -0.368. The maximum Gasteiger partial charge on any atom is 0.306 e. The number of allylic oxidation sites excluding steroid dienone is 4. The third-order valence-corrected chi connectivity index (χ3v) is 8.58. The number of hydrogen-bond acceptors (Lipinski definition) is 5. The Morgan fingerprint density at radius 1 is 0.511 bits per heavy atom. The largest absolute Gasteiger partial charge is 0.462 e. The Morgan fingerprint density at radius 2 is 0.851 bits per heavy atom. The van der Waals surface area contributed by atoms with E-state index < -0.39 is 6.10 Å². The van der Waals surface area contributed by atoms with E-state index in [-0.39, 0.29) is 31.0 Å². The van der Waals surface area contributed by atoms with E-state index >= 15 is 0 Å². The molecule has 47 heavy (non-hydrogen) atoms. The predicted octanol–water partition coefficient (Wildman–Crippen LogP) is 12.5. The molecule has 1 unspecified atom stereocenters. The lowest BCUT2D eigenvalue weighted by Gasteiger charge is -2.21. The number of esters is 2. The number of unbranched alkanes of at least 4 members (excludes halogenated alkanes) is 22. The molecule has 0 saturated heterocycles. The summed E-state index contributed by atoms with van der Waals surface area (Å²) in [7, 11) is 3.88. The van der Waals surface area contributed by atoms with Gasteiger partial charge in [-0.15, -0.1) is 12.4 Å². The van der Waals surface area contributed by atoms with Crippen LogP contribution >= 0.6 is 12.4 Å². The van der Waals surface area contributed by atoms with Gasteiger partial charge < -0.3 is 14.4 Å². The van der Waals surface area contributed by atoms with Gasteiger partial charge in [0.15, 0.2) is 0 Å². The smallest absolute Gasteiger partial charge is 0.306 e. The molecule has 0 radical (unpaired) electrons. The summed E-state index contributed by atoms with van der Waals surface area (Å²) in [5.41, 5.74) is 0. The third-order valence-electron chi connectivity index (χ3n) is 8.58. The second-order valence-electron chi connectivity index (χ2n) is 13.7. The molecule has 6 heteroatoms. The van der Waals surface area contributed by atoms with Crippen molar-refractivity contribution in [2.45, 2.75) is 200 Å². The molecule has 1 atom stereocenters. The highest BCUT2D eigenvalue weighted by Gasteiger charge is 2.18. The lowest BCUT2D eigenvalue weighted by atomic mass is 10.1. The van der Waals surface area contributed by atoms with Crippen molar-refractivity contribution < 1.29 is 19.1 Å². The highest BCUT2D eigenvalue weighted by molar-refractivity contribution is 5.85. The van der Waals surface area contributed by atoms with Gasteiger partial charge in [-0.1, -0.05) is 141 Å². The van der Waals surface area contributed by atoms with Crippen molar-refractivity contribution in [2.75, 3.05) is 27.2 Å². The molecular formula is C41H78ClNO4. The van der Waals surface area contributed by atoms with E-state index in [4.69, 9.17) is 9.47 Å². The van der Waals surface area contributed by atoms with Gasteiger partial charge in [0.2, 0.25) is 0 Å². The summed E-state index contributed by atoms with van der Waals surface area (Å²) < 4.78 is 11.2. The lowest BCUT2D eigenvalue weighted by Crippen LogP contribution is -2.34. The minimum atomic E-state index is -0.413. The highest BCUT2D eigenvalue weighted by atomic mass is 35.5. The average molecular weight is 685 g/mol. The Morgan fingerprint density at radius 3 is 1.23 bits per heavy atom. The van der Waals surface area contributed by atoms with Gasteiger partial charge >= 0.3 is 11.9 Å². The second kappa shape index (κ2) is 39.1. The summed E-state index contributed by atoms with van der Waals surface area (Å²) >= 11 is 0. The molecule has 0 fully saturated rings. The number of rotatable bonds is 35. The Bertz CT molecular complexity index is 724. The summed E-state index contributed by atoms with van der Waals surface area (Å²) in [5, 5.41) is 0. The van der Waals surface area contributed by atoms with Crippen LogP contribution in [0.4, 0.5) is 0 Å². The molecule has 0 heterocycles. The first kappa shape index (κ1) is 47.8. The molecule has 0 saturated carbocycles. The van der Waals surface area contributed by atoms with Crippen molar-refractivity contribution in [2.24, 2.45) is 0 Å². The van der Waals surface area contributed by atoms with Gasteiger partial charge in [-0.05, 0) is 78.3 Å². The quantitative estimate of drug-likeness (QED) is 0.0378. The first-order valence-electron chi connectivity index (χ1n) is 19.8. The second-order valence-corrected chi connectivity index (χ2v) is 13.7. The fraction of sp³-hybridized carbons (Fsp3) is 0.854. The number of carbonyl (C=O) groups excluding carboxylic acids is 2. The van der Waals surface area contributed by atoms with Crippen molar-refractivity contribution >= 4 is 24.3 Å². The van der Waals surface area contributed by atoms with Gasteiger partial charge in [0.25, 0.3) is 0 Å². The van der Waals surface area contributed by atoms with Gasteiger partial charge in [0, 0.05) is 19.4 Å². The zero-order valence-electron chi connectivity index (χ0n) is 31.6. The van der Waals surface area contributed by atoms with Gasteiger partial charge in [0.1, 0.15) is 12.7 Å². The van der Waals surface area contributed by atoms with Gasteiger partial charge in [-0.25, -0.2) is 0 Å². The highest BCUT2D eigenvalue weighted by Crippen LogP contribution is 2.13. The molecular weight excluding hydrogens is 606 g/mol. The van der Waals surface area contributed by atoms with Crippen molar-refractivity contribution in [1.82, 2.24) is 4.90 Å². The van der Waals surface area contributed by atoms with E-state index in [0.717, 1.165) is 38.5 Å². The fourth-order valence-electron chi connectivity index (χ4n) is 5.71. The van der Waals surface area contributed by atoms with Gasteiger partial charge in [-0.3, -0.25) is 9.59 Å². The van der Waals surface area contributed by atoms with Crippen LogP contribution in [-0.4, -0.2) is 50.2 Å². The molecule has 0 aromatic carbocycles. The van der Waals surface area contributed by atoms with Gasteiger partial charge in [0.05, 0.1) is 0 Å². The van der Waals surface area contributed by atoms with Crippen molar-refractivity contribution in [3.8, 4) is 0 Å². The number of ether oxygens (including phenoxy) is 2. The van der Waals surface area contributed by atoms with Gasteiger partial charge in [-0.2, -0.15) is 0 Å².